The maximum absolute atomic E-state index is 12.8. The molecule has 0 aliphatic carbocycles. The van der Waals surface area contributed by atoms with Crippen LogP contribution in [0.15, 0.2) is 41.4 Å². The zero-order valence-corrected chi connectivity index (χ0v) is 11.0. The van der Waals surface area contributed by atoms with Gasteiger partial charge in [-0.2, -0.15) is 0 Å². The highest BCUT2D eigenvalue weighted by atomic mass is 32.2. The summed E-state index contributed by atoms with van der Waals surface area (Å²) in [6, 6.07) is 4.73. The summed E-state index contributed by atoms with van der Waals surface area (Å²) in [5.41, 5.74) is -0.489. The molecule has 0 bridgehead atoms. The third-order valence-corrected chi connectivity index (χ3v) is 3.77. The van der Waals surface area contributed by atoms with Gasteiger partial charge in [-0.25, -0.2) is 17.8 Å². The molecule has 0 amide bonds. The molecule has 0 saturated carbocycles. The van der Waals surface area contributed by atoms with Crippen molar-refractivity contribution in [3.05, 3.63) is 52.5 Å². The third kappa shape index (κ3) is 3.23. The summed E-state index contributed by atoms with van der Waals surface area (Å²) < 4.78 is 38.6. The average molecular weight is 313 g/mol. The number of nitrogens with zero attached hydrogens (tertiary/aromatic N) is 2. The molecule has 0 atom stereocenters. The predicted octanol–water partition coefficient (Wildman–Crippen LogP) is 1.64. The molecule has 1 aromatic heterocycles. The second-order valence-electron chi connectivity index (χ2n) is 3.88. The monoisotopic (exact) mass is 313 g/mol. The summed E-state index contributed by atoms with van der Waals surface area (Å²) in [6.45, 7) is 0. The number of anilines is 1. The van der Waals surface area contributed by atoms with Crippen molar-refractivity contribution in [1.29, 1.82) is 0 Å². The Morgan fingerprint density at radius 2 is 1.90 bits per heavy atom. The lowest BCUT2D eigenvalue weighted by molar-refractivity contribution is -0.385. The summed E-state index contributed by atoms with van der Waals surface area (Å²) in [5, 5.41) is 20.0. The normalized spacial score (nSPS) is 11.1. The van der Waals surface area contributed by atoms with Gasteiger partial charge in [-0.3, -0.25) is 14.8 Å². The molecule has 2 rings (SSSR count). The lowest BCUT2D eigenvalue weighted by Gasteiger charge is -2.08. The highest BCUT2D eigenvalue weighted by Gasteiger charge is 2.19. The SMILES string of the molecule is O=[N+]([O-])c1cnc(NS(=O)(=O)c2ccc(F)cc2)c(O)c1. The fourth-order valence-electron chi connectivity index (χ4n) is 1.42. The van der Waals surface area contributed by atoms with Crippen molar-refractivity contribution in [2.45, 2.75) is 4.90 Å². The van der Waals surface area contributed by atoms with Crippen molar-refractivity contribution in [2.24, 2.45) is 0 Å². The second-order valence-corrected chi connectivity index (χ2v) is 5.56. The van der Waals surface area contributed by atoms with Crippen molar-refractivity contribution in [1.82, 2.24) is 4.98 Å². The van der Waals surface area contributed by atoms with Crippen LogP contribution < -0.4 is 4.72 Å². The Hall–Kier alpha value is -2.75. The number of rotatable bonds is 4. The molecule has 1 heterocycles. The van der Waals surface area contributed by atoms with Gasteiger partial charge in [-0.1, -0.05) is 0 Å². The molecule has 10 heteroatoms. The van der Waals surface area contributed by atoms with Crippen molar-refractivity contribution in [2.75, 3.05) is 4.72 Å². The first-order valence-corrected chi connectivity index (χ1v) is 6.90. The molecule has 0 unspecified atom stereocenters. The maximum Gasteiger partial charge on any atom is 0.291 e. The van der Waals surface area contributed by atoms with Crippen molar-refractivity contribution in [3.63, 3.8) is 0 Å². The molecule has 0 radical (unpaired) electrons. The van der Waals surface area contributed by atoms with E-state index in [0.717, 1.165) is 36.5 Å². The van der Waals surface area contributed by atoms with Crippen LogP contribution in [0.3, 0.4) is 0 Å². The van der Waals surface area contributed by atoms with E-state index in [4.69, 9.17) is 0 Å². The number of aromatic nitrogens is 1. The van der Waals surface area contributed by atoms with Gasteiger partial charge < -0.3 is 5.11 Å². The maximum atomic E-state index is 12.8. The van der Waals surface area contributed by atoms with E-state index in [0.29, 0.717) is 0 Å². The minimum Gasteiger partial charge on any atom is -0.504 e. The fourth-order valence-corrected chi connectivity index (χ4v) is 2.45. The van der Waals surface area contributed by atoms with Gasteiger partial charge in [0.25, 0.3) is 15.7 Å². The molecule has 110 valence electrons. The minimum absolute atomic E-state index is 0.247. The van der Waals surface area contributed by atoms with E-state index in [1.807, 2.05) is 4.72 Å². The topological polar surface area (TPSA) is 122 Å². The van der Waals surface area contributed by atoms with Gasteiger partial charge in [-0.05, 0) is 24.3 Å². The molecule has 2 aromatic rings. The Labute approximate surface area is 118 Å². The molecule has 0 spiro atoms. The number of pyridine rings is 1. The van der Waals surface area contributed by atoms with Gasteiger partial charge >= 0.3 is 0 Å². The quantitative estimate of drug-likeness (QED) is 0.653. The van der Waals surface area contributed by atoms with Crippen LogP contribution in [0.5, 0.6) is 5.75 Å². The van der Waals surface area contributed by atoms with Crippen LogP contribution in [-0.2, 0) is 10.0 Å². The molecule has 0 fully saturated rings. The Balaban J connectivity index is 2.32. The van der Waals surface area contributed by atoms with Crippen LogP contribution in [0.4, 0.5) is 15.9 Å². The van der Waals surface area contributed by atoms with E-state index in [1.165, 1.54) is 0 Å². The zero-order valence-electron chi connectivity index (χ0n) is 10.2. The highest BCUT2D eigenvalue weighted by molar-refractivity contribution is 7.92. The van der Waals surface area contributed by atoms with Crippen LogP contribution in [0.1, 0.15) is 0 Å². The van der Waals surface area contributed by atoms with Crippen molar-refractivity contribution < 1.29 is 22.8 Å². The number of hydrogen-bond acceptors (Lipinski definition) is 6. The van der Waals surface area contributed by atoms with Gasteiger partial charge in [-0.15, -0.1) is 0 Å². The number of sulfonamides is 1. The van der Waals surface area contributed by atoms with Crippen LogP contribution in [0, 0.1) is 15.9 Å². The molecular weight excluding hydrogens is 305 g/mol. The van der Waals surface area contributed by atoms with E-state index in [-0.39, 0.29) is 4.90 Å². The van der Waals surface area contributed by atoms with Crippen LogP contribution >= 0.6 is 0 Å². The number of aromatic hydroxyl groups is 1. The van der Waals surface area contributed by atoms with E-state index in [9.17, 15) is 28.0 Å². The lowest BCUT2D eigenvalue weighted by atomic mass is 10.4. The third-order valence-electron chi connectivity index (χ3n) is 2.42. The Kier molecular flexibility index (Phi) is 3.72. The van der Waals surface area contributed by atoms with Gasteiger partial charge in [0, 0.05) is 0 Å². The van der Waals surface area contributed by atoms with E-state index >= 15 is 0 Å². The minimum atomic E-state index is -4.09. The van der Waals surface area contributed by atoms with Crippen LogP contribution in [0.25, 0.3) is 0 Å². The average Bonchev–Trinajstić information content (AvgIpc) is 2.41. The van der Waals surface area contributed by atoms with Gasteiger partial charge in [0.15, 0.2) is 11.6 Å². The van der Waals surface area contributed by atoms with Crippen molar-refractivity contribution >= 4 is 21.5 Å². The summed E-state index contributed by atoms with van der Waals surface area (Å²) in [5.74, 6) is -1.77. The number of hydrogen-bond donors (Lipinski definition) is 2. The second kappa shape index (κ2) is 5.32. The number of halogens is 1. The molecule has 0 aliphatic rings. The first kappa shape index (κ1) is 14.7. The molecular formula is C11H8FN3O5S. The molecule has 1 aromatic carbocycles. The van der Waals surface area contributed by atoms with Crippen LogP contribution in [0.2, 0.25) is 0 Å². The lowest BCUT2D eigenvalue weighted by Crippen LogP contribution is -2.14. The molecule has 8 nitrogen and oxygen atoms in total. The smallest absolute Gasteiger partial charge is 0.291 e. The van der Waals surface area contributed by atoms with Crippen molar-refractivity contribution in [3.8, 4) is 5.75 Å². The number of benzene rings is 1. The molecule has 0 aliphatic heterocycles. The first-order valence-electron chi connectivity index (χ1n) is 5.41. The van der Waals surface area contributed by atoms with Crippen LogP contribution in [-0.4, -0.2) is 23.4 Å². The summed E-state index contributed by atoms with van der Waals surface area (Å²) >= 11 is 0. The highest BCUT2D eigenvalue weighted by Crippen LogP contribution is 2.27. The van der Waals surface area contributed by atoms with Gasteiger partial charge in [0.1, 0.15) is 12.0 Å². The standard InChI is InChI=1S/C11H8FN3O5S/c12-7-1-3-9(4-2-7)21(19,20)14-11-10(16)5-8(6-13-11)15(17)18/h1-6,16H,(H,13,14). The number of nitro groups is 1. The zero-order chi connectivity index (χ0) is 15.6. The summed E-state index contributed by atoms with van der Waals surface area (Å²) in [4.78, 5) is 12.9. The van der Waals surface area contributed by atoms with E-state index in [1.54, 1.807) is 0 Å². The molecule has 2 N–H and O–H groups in total. The van der Waals surface area contributed by atoms with Gasteiger partial charge in [0.2, 0.25) is 0 Å². The number of nitrogens with one attached hydrogen (secondary N) is 1. The molecule has 0 saturated heterocycles. The fraction of sp³-hybridized carbons (Fsp3) is 0. The summed E-state index contributed by atoms with van der Waals surface area (Å²) in [7, 11) is -4.09. The first-order chi connectivity index (χ1) is 9.79. The van der Waals surface area contributed by atoms with Gasteiger partial charge in [0.05, 0.1) is 15.9 Å². The Morgan fingerprint density at radius 3 is 2.43 bits per heavy atom. The van der Waals surface area contributed by atoms with E-state index < -0.39 is 38.0 Å². The Morgan fingerprint density at radius 1 is 1.29 bits per heavy atom. The summed E-state index contributed by atoms with van der Waals surface area (Å²) in [6.07, 6.45) is 0.794. The Bertz CT molecular complexity index is 792. The molecule has 21 heavy (non-hydrogen) atoms. The van der Waals surface area contributed by atoms with E-state index in [2.05, 4.69) is 4.98 Å². The largest absolute Gasteiger partial charge is 0.504 e. The predicted molar refractivity (Wildman–Crippen MR) is 69.8 cm³/mol.